The number of carbonyl (C=O) groups is 2. The molecule has 0 aromatic heterocycles. The van der Waals surface area contributed by atoms with E-state index in [4.69, 9.17) is 9.47 Å². The third-order valence-electron chi connectivity index (χ3n) is 6.67. The van der Waals surface area contributed by atoms with Crippen LogP contribution in [-0.2, 0) is 9.53 Å². The van der Waals surface area contributed by atoms with Crippen LogP contribution in [0.1, 0.15) is 58.4 Å². The van der Waals surface area contributed by atoms with E-state index in [9.17, 15) is 19.2 Å². The fraction of sp³-hybridized carbons (Fsp3) is 0.625. The molecule has 2 fully saturated rings. The lowest BCUT2D eigenvalue weighted by atomic mass is 9.81. The van der Waals surface area contributed by atoms with Gasteiger partial charge in [0.25, 0.3) is 0 Å². The predicted octanol–water partition coefficient (Wildman–Crippen LogP) is 3.79. The topological polar surface area (TPSA) is 91.7 Å². The molecule has 0 unspecified atom stereocenters. The van der Waals surface area contributed by atoms with Gasteiger partial charge in [0, 0.05) is 56.9 Å². The number of likely N-dealkylation sites (tertiary alicyclic amines) is 2. The van der Waals surface area contributed by atoms with Crippen molar-refractivity contribution in [2.75, 3.05) is 26.2 Å². The molecule has 0 aliphatic carbocycles. The molecule has 0 radical (unpaired) electrons. The summed E-state index contributed by atoms with van der Waals surface area (Å²) in [5, 5.41) is 12.9. The minimum atomic E-state index is -0.566. The molecule has 8 nitrogen and oxygen atoms in total. The zero-order valence-corrected chi connectivity index (χ0v) is 19.5. The van der Waals surface area contributed by atoms with Gasteiger partial charge in [-0.3, -0.25) is 4.79 Å². The van der Waals surface area contributed by atoms with Gasteiger partial charge in [0.1, 0.15) is 22.8 Å². The number of carbonyl (C=O) groups excluding carboxylic acids is 2. The van der Waals surface area contributed by atoms with E-state index in [1.807, 2.05) is 25.7 Å². The lowest BCUT2D eigenvalue weighted by Gasteiger charge is -2.45. The van der Waals surface area contributed by atoms with Crippen molar-refractivity contribution in [2.45, 2.75) is 64.1 Å². The normalized spacial score (nSPS) is 22.1. The average Bonchev–Trinajstić information content (AvgIpc) is 2.78. The van der Waals surface area contributed by atoms with Crippen molar-refractivity contribution in [3.05, 3.63) is 29.6 Å². The first-order valence-corrected chi connectivity index (χ1v) is 11.6. The summed E-state index contributed by atoms with van der Waals surface area (Å²) >= 11 is 0. The van der Waals surface area contributed by atoms with Crippen LogP contribution in [0.5, 0.6) is 5.75 Å². The largest absolute Gasteiger partial charge is 0.486 e. The fourth-order valence-corrected chi connectivity index (χ4v) is 4.88. The Morgan fingerprint density at radius 3 is 2.42 bits per heavy atom. The van der Waals surface area contributed by atoms with Crippen molar-refractivity contribution in [2.24, 2.45) is 11.1 Å². The molecule has 180 valence electrons. The number of piperidine rings is 2. The summed E-state index contributed by atoms with van der Waals surface area (Å²) in [5.74, 6) is 0.101. The minimum Gasteiger partial charge on any atom is -0.486 e. The summed E-state index contributed by atoms with van der Waals surface area (Å²) < 4.78 is 25.3. The highest BCUT2D eigenvalue weighted by molar-refractivity contribution is 6.04. The molecular weight excluding hydrogens is 429 g/mol. The summed E-state index contributed by atoms with van der Waals surface area (Å²) in [6, 6.07) is 4.21. The maximum Gasteiger partial charge on any atom is 0.410 e. The van der Waals surface area contributed by atoms with Gasteiger partial charge in [-0.1, -0.05) is 5.16 Å². The second-order valence-corrected chi connectivity index (χ2v) is 10.2. The lowest BCUT2D eigenvalue weighted by molar-refractivity contribution is -0.140. The van der Waals surface area contributed by atoms with Crippen LogP contribution >= 0.6 is 0 Å². The second kappa shape index (κ2) is 8.83. The van der Waals surface area contributed by atoms with E-state index in [0.717, 1.165) is 0 Å². The van der Waals surface area contributed by atoms with Crippen molar-refractivity contribution >= 4 is 17.7 Å². The molecule has 1 aromatic carbocycles. The predicted molar refractivity (Wildman–Crippen MR) is 119 cm³/mol. The first-order chi connectivity index (χ1) is 15.6. The van der Waals surface area contributed by atoms with E-state index in [-0.39, 0.29) is 17.9 Å². The smallest absolute Gasteiger partial charge is 0.410 e. The fourth-order valence-electron chi connectivity index (χ4n) is 4.88. The molecule has 1 aromatic rings. The zero-order valence-electron chi connectivity index (χ0n) is 19.5. The van der Waals surface area contributed by atoms with Crippen LogP contribution in [0, 0.1) is 11.7 Å². The standard InChI is InChI=1S/C24H32FN3O5/c1-23(2,3)33-22(30)28-10-6-16(7-11-28)21(29)27-12-8-24(9-13-27)15-19(26-31)18-14-17(25)4-5-20(18)32-24/h4-5,14,16,31H,6-13,15H2,1-3H3/b26-19+. The van der Waals surface area contributed by atoms with E-state index in [1.54, 1.807) is 11.0 Å². The van der Waals surface area contributed by atoms with Crippen molar-refractivity contribution in [1.82, 2.24) is 9.80 Å². The second-order valence-electron chi connectivity index (χ2n) is 10.2. The molecule has 1 spiro atoms. The monoisotopic (exact) mass is 461 g/mol. The maximum absolute atomic E-state index is 13.6. The summed E-state index contributed by atoms with van der Waals surface area (Å²) in [6.07, 6.45) is 2.49. The highest BCUT2D eigenvalue weighted by Gasteiger charge is 2.44. The van der Waals surface area contributed by atoms with Gasteiger partial charge in [-0.25, -0.2) is 9.18 Å². The molecule has 3 aliphatic rings. The molecule has 1 N–H and O–H groups in total. The molecule has 0 bridgehead atoms. The van der Waals surface area contributed by atoms with Gasteiger partial charge in [-0.15, -0.1) is 0 Å². The van der Waals surface area contributed by atoms with Gasteiger partial charge in [0.05, 0.1) is 5.71 Å². The zero-order chi connectivity index (χ0) is 23.8. The van der Waals surface area contributed by atoms with E-state index in [2.05, 4.69) is 5.16 Å². The average molecular weight is 462 g/mol. The van der Waals surface area contributed by atoms with Crippen molar-refractivity contribution < 1.29 is 28.7 Å². The van der Waals surface area contributed by atoms with E-state index >= 15 is 0 Å². The molecule has 0 saturated carbocycles. The Morgan fingerprint density at radius 1 is 1.15 bits per heavy atom. The molecule has 3 aliphatic heterocycles. The van der Waals surface area contributed by atoms with Gasteiger partial charge in [0.15, 0.2) is 0 Å². The molecule has 9 heteroatoms. The van der Waals surface area contributed by atoms with Crippen molar-refractivity contribution in [3.8, 4) is 5.75 Å². The van der Waals surface area contributed by atoms with Crippen molar-refractivity contribution in [3.63, 3.8) is 0 Å². The van der Waals surface area contributed by atoms with Crippen LogP contribution in [0.2, 0.25) is 0 Å². The number of ether oxygens (including phenoxy) is 2. The van der Waals surface area contributed by atoms with E-state index < -0.39 is 17.0 Å². The molecule has 3 heterocycles. The van der Waals surface area contributed by atoms with Crippen LogP contribution in [0.3, 0.4) is 0 Å². The van der Waals surface area contributed by atoms with Gasteiger partial charge in [-0.05, 0) is 51.8 Å². The number of hydrogen-bond donors (Lipinski definition) is 1. The number of fused-ring (bicyclic) bond motifs is 1. The number of amides is 2. The first-order valence-electron chi connectivity index (χ1n) is 11.6. The molecular formula is C24H32FN3O5. The molecule has 4 rings (SSSR count). The molecule has 2 saturated heterocycles. The van der Waals surface area contributed by atoms with Crippen LogP contribution in [0.25, 0.3) is 0 Å². The number of halogens is 1. The summed E-state index contributed by atoms with van der Waals surface area (Å²) in [5.41, 5.74) is -0.226. The highest BCUT2D eigenvalue weighted by Crippen LogP contribution is 2.40. The Hall–Kier alpha value is -2.84. The lowest BCUT2D eigenvalue weighted by Crippen LogP contribution is -2.54. The number of nitrogens with zero attached hydrogens (tertiary/aromatic N) is 3. The van der Waals surface area contributed by atoms with Crippen molar-refractivity contribution in [1.29, 1.82) is 0 Å². The molecule has 0 atom stereocenters. The Morgan fingerprint density at radius 2 is 1.82 bits per heavy atom. The summed E-state index contributed by atoms with van der Waals surface area (Å²) in [7, 11) is 0. The van der Waals surface area contributed by atoms with Crippen LogP contribution < -0.4 is 4.74 Å². The van der Waals surface area contributed by atoms with E-state index in [0.29, 0.717) is 75.3 Å². The highest BCUT2D eigenvalue weighted by atomic mass is 19.1. The van der Waals surface area contributed by atoms with Gasteiger partial charge in [0.2, 0.25) is 5.91 Å². The minimum absolute atomic E-state index is 0.108. The Bertz CT molecular complexity index is 942. The third-order valence-corrected chi connectivity index (χ3v) is 6.67. The SMILES string of the molecule is CC(C)(C)OC(=O)N1CCC(C(=O)N2CCC3(CC2)C/C(=N\O)c2cc(F)ccc2O3)CC1. The number of benzene rings is 1. The number of rotatable bonds is 1. The van der Waals surface area contributed by atoms with E-state index in [1.165, 1.54) is 12.1 Å². The molecule has 2 amide bonds. The third kappa shape index (κ3) is 5.07. The van der Waals surface area contributed by atoms with Gasteiger partial charge in [-0.2, -0.15) is 0 Å². The van der Waals surface area contributed by atoms with Crippen LogP contribution in [-0.4, -0.2) is 70.1 Å². The van der Waals surface area contributed by atoms with Gasteiger partial charge >= 0.3 is 6.09 Å². The summed E-state index contributed by atoms with van der Waals surface area (Å²) in [6.45, 7) is 7.62. The Balaban J connectivity index is 1.33. The maximum atomic E-state index is 13.6. The number of hydrogen-bond acceptors (Lipinski definition) is 6. The quantitative estimate of drug-likeness (QED) is 0.507. The molecule has 33 heavy (non-hydrogen) atoms. The summed E-state index contributed by atoms with van der Waals surface area (Å²) in [4.78, 5) is 28.9. The Kier molecular flexibility index (Phi) is 6.24. The van der Waals surface area contributed by atoms with Crippen LogP contribution in [0.4, 0.5) is 9.18 Å². The Labute approximate surface area is 193 Å². The van der Waals surface area contributed by atoms with Crippen LogP contribution in [0.15, 0.2) is 23.4 Å². The van der Waals surface area contributed by atoms with Gasteiger partial charge < -0.3 is 24.5 Å². The number of oxime groups is 1. The first kappa shape index (κ1) is 23.3.